The number of benzene rings is 1. The number of hydrogen-bond acceptors (Lipinski definition) is 4. The Balaban J connectivity index is 2.41. The number of aliphatic carboxylic acids is 1. The van der Waals surface area contributed by atoms with Crippen molar-refractivity contribution in [3.8, 4) is 5.75 Å². The van der Waals surface area contributed by atoms with E-state index in [1.807, 2.05) is 5.32 Å². The van der Waals surface area contributed by atoms with Crippen LogP contribution in [0.5, 0.6) is 5.75 Å². The molecule has 2 N–H and O–H groups in total. The van der Waals surface area contributed by atoms with Crippen LogP contribution in [0.25, 0.3) is 0 Å². The molecule has 9 heteroatoms. The van der Waals surface area contributed by atoms with Gasteiger partial charge in [-0.3, -0.25) is 4.79 Å². The van der Waals surface area contributed by atoms with Gasteiger partial charge in [0.25, 0.3) is 0 Å². The summed E-state index contributed by atoms with van der Waals surface area (Å²) >= 11 is 1.33. The van der Waals surface area contributed by atoms with Crippen molar-refractivity contribution >= 4 is 23.6 Å². The van der Waals surface area contributed by atoms with Gasteiger partial charge < -0.3 is 15.2 Å². The molecule has 0 saturated heterocycles. The first-order valence-corrected chi connectivity index (χ1v) is 7.55. The summed E-state index contributed by atoms with van der Waals surface area (Å²) in [6.07, 6.45) is -6.34. The van der Waals surface area contributed by atoms with Gasteiger partial charge in [-0.2, -0.15) is 13.2 Å². The third-order valence-corrected chi connectivity index (χ3v) is 3.74. The molecular weight excluding hydrogens is 335 g/mol. The molecule has 0 aliphatic carbocycles. The molecular formula is C14H16F3NO4S. The first-order valence-electron chi connectivity index (χ1n) is 6.57. The van der Waals surface area contributed by atoms with Gasteiger partial charge in [0.1, 0.15) is 11.8 Å². The fourth-order valence-corrected chi connectivity index (χ4v) is 2.48. The maximum Gasteiger partial charge on any atom is 0.391 e. The SMILES string of the molecule is COc1ccc(SCCC(=O)NC(CC(F)(F)F)C(=O)O)cc1. The maximum atomic E-state index is 12.2. The highest BCUT2D eigenvalue weighted by atomic mass is 32.2. The van der Waals surface area contributed by atoms with Crippen molar-refractivity contribution in [3.63, 3.8) is 0 Å². The van der Waals surface area contributed by atoms with Gasteiger partial charge >= 0.3 is 12.1 Å². The normalized spacial score (nSPS) is 12.5. The first-order chi connectivity index (χ1) is 10.7. The summed E-state index contributed by atoms with van der Waals surface area (Å²) in [7, 11) is 1.53. The van der Waals surface area contributed by atoms with E-state index in [0.717, 1.165) is 4.90 Å². The number of hydrogen-bond donors (Lipinski definition) is 2. The Morgan fingerprint density at radius 2 is 1.91 bits per heavy atom. The number of methoxy groups -OCH3 is 1. The zero-order valence-electron chi connectivity index (χ0n) is 12.2. The van der Waals surface area contributed by atoms with Gasteiger partial charge in [0.2, 0.25) is 5.91 Å². The van der Waals surface area contributed by atoms with E-state index in [1.165, 1.54) is 18.9 Å². The lowest BCUT2D eigenvalue weighted by Crippen LogP contribution is -2.43. The summed E-state index contributed by atoms with van der Waals surface area (Å²) in [5.74, 6) is -1.44. The minimum atomic E-state index is -4.66. The van der Waals surface area contributed by atoms with Crippen LogP contribution in [0, 0.1) is 0 Å². The predicted octanol–water partition coefficient (Wildman–Crippen LogP) is 2.70. The zero-order valence-corrected chi connectivity index (χ0v) is 13.0. The second-order valence-corrected chi connectivity index (χ2v) is 5.72. The molecule has 0 radical (unpaired) electrons. The molecule has 0 aromatic heterocycles. The van der Waals surface area contributed by atoms with E-state index in [-0.39, 0.29) is 6.42 Å². The van der Waals surface area contributed by atoms with E-state index in [9.17, 15) is 22.8 Å². The number of rotatable bonds is 8. The summed E-state index contributed by atoms with van der Waals surface area (Å²) in [5, 5.41) is 10.6. The van der Waals surface area contributed by atoms with Crippen LogP contribution in [-0.4, -0.2) is 42.1 Å². The molecule has 0 aliphatic rings. The molecule has 1 rings (SSSR count). The molecule has 128 valence electrons. The Morgan fingerprint density at radius 1 is 1.30 bits per heavy atom. The van der Waals surface area contributed by atoms with Crippen LogP contribution in [0.15, 0.2) is 29.2 Å². The number of carbonyl (C=O) groups excluding carboxylic acids is 1. The summed E-state index contributed by atoms with van der Waals surface area (Å²) in [4.78, 5) is 23.2. The Labute approximate surface area is 135 Å². The van der Waals surface area contributed by atoms with Crippen molar-refractivity contribution < 1.29 is 32.6 Å². The molecule has 1 amide bonds. The van der Waals surface area contributed by atoms with E-state index in [2.05, 4.69) is 0 Å². The van der Waals surface area contributed by atoms with Crippen LogP contribution in [0.2, 0.25) is 0 Å². The predicted molar refractivity (Wildman–Crippen MR) is 78.6 cm³/mol. The summed E-state index contributed by atoms with van der Waals surface area (Å²) < 4.78 is 41.7. The Kier molecular flexibility index (Phi) is 7.21. The third-order valence-electron chi connectivity index (χ3n) is 2.73. The van der Waals surface area contributed by atoms with Gasteiger partial charge in [-0.15, -0.1) is 11.8 Å². The topological polar surface area (TPSA) is 75.6 Å². The fraction of sp³-hybridized carbons (Fsp3) is 0.429. The minimum absolute atomic E-state index is 0.0850. The van der Waals surface area contributed by atoms with Crippen molar-refractivity contribution in [2.24, 2.45) is 0 Å². The zero-order chi connectivity index (χ0) is 17.5. The van der Waals surface area contributed by atoms with Crippen molar-refractivity contribution in [1.82, 2.24) is 5.32 Å². The standard InChI is InChI=1S/C14H16F3NO4S/c1-22-9-2-4-10(5-3-9)23-7-6-12(19)18-11(13(20)21)8-14(15,16)17/h2-5,11H,6-8H2,1H3,(H,18,19)(H,20,21). The van der Waals surface area contributed by atoms with Crippen LogP contribution in [0.4, 0.5) is 13.2 Å². The number of halogens is 3. The van der Waals surface area contributed by atoms with Crippen LogP contribution >= 0.6 is 11.8 Å². The lowest BCUT2D eigenvalue weighted by atomic mass is 10.2. The van der Waals surface area contributed by atoms with Crippen LogP contribution in [0.3, 0.4) is 0 Å². The van der Waals surface area contributed by atoms with Gasteiger partial charge in [-0.25, -0.2) is 4.79 Å². The van der Waals surface area contributed by atoms with Crippen molar-refractivity contribution in [2.75, 3.05) is 12.9 Å². The third kappa shape index (κ3) is 7.78. The lowest BCUT2D eigenvalue weighted by Gasteiger charge is -2.16. The van der Waals surface area contributed by atoms with E-state index >= 15 is 0 Å². The number of thioether (sulfide) groups is 1. The number of alkyl halides is 3. The van der Waals surface area contributed by atoms with Crippen LogP contribution in [0.1, 0.15) is 12.8 Å². The highest BCUT2D eigenvalue weighted by molar-refractivity contribution is 7.99. The number of nitrogens with one attached hydrogen (secondary N) is 1. The van der Waals surface area contributed by atoms with E-state index in [1.54, 1.807) is 24.3 Å². The van der Waals surface area contributed by atoms with Crippen LogP contribution in [-0.2, 0) is 9.59 Å². The number of carboxylic acids is 1. The average Bonchev–Trinajstić information content (AvgIpc) is 2.46. The largest absolute Gasteiger partial charge is 0.497 e. The van der Waals surface area contributed by atoms with Gasteiger partial charge in [0, 0.05) is 17.1 Å². The first kappa shape index (κ1) is 19.1. The highest BCUT2D eigenvalue weighted by Crippen LogP contribution is 2.23. The lowest BCUT2D eigenvalue weighted by molar-refractivity contribution is -0.159. The van der Waals surface area contributed by atoms with Gasteiger partial charge in [0.15, 0.2) is 0 Å². The average molecular weight is 351 g/mol. The molecule has 0 aliphatic heterocycles. The smallest absolute Gasteiger partial charge is 0.391 e. The molecule has 1 atom stereocenters. The number of carboxylic acid groups (broad SMARTS) is 1. The summed E-state index contributed by atoms with van der Waals surface area (Å²) in [6.45, 7) is 0. The number of ether oxygens (including phenoxy) is 1. The monoisotopic (exact) mass is 351 g/mol. The van der Waals surface area contributed by atoms with E-state index in [4.69, 9.17) is 9.84 Å². The second-order valence-electron chi connectivity index (χ2n) is 4.55. The highest BCUT2D eigenvalue weighted by Gasteiger charge is 2.36. The molecule has 0 fully saturated rings. The molecule has 0 spiro atoms. The Bertz CT molecular complexity index is 534. The molecule has 0 bridgehead atoms. The molecule has 0 saturated carbocycles. The van der Waals surface area contributed by atoms with Crippen molar-refractivity contribution in [1.29, 1.82) is 0 Å². The van der Waals surface area contributed by atoms with Gasteiger partial charge in [0.05, 0.1) is 13.5 Å². The quantitative estimate of drug-likeness (QED) is 0.705. The summed E-state index contributed by atoms with van der Waals surface area (Å²) in [5.41, 5.74) is 0. The van der Waals surface area contributed by atoms with Gasteiger partial charge in [-0.1, -0.05) is 0 Å². The molecule has 0 heterocycles. The fourth-order valence-electron chi connectivity index (χ4n) is 1.63. The molecule has 5 nitrogen and oxygen atoms in total. The Hall–Kier alpha value is -1.90. The van der Waals surface area contributed by atoms with E-state index in [0.29, 0.717) is 11.5 Å². The molecule has 1 unspecified atom stereocenters. The number of carbonyl (C=O) groups is 2. The van der Waals surface area contributed by atoms with Crippen LogP contribution < -0.4 is 10.1 Å². The Morgan fingerprint density at radius 3 is 2.39 bits per heavy atom. The maximum absolute atomic E-state index is 12.2. The number of amides is 1. The minimum Gasteiger partial charge on any atom is -0.497 e. The van der Waals surface area contributed by atoms with Crippen molar-refractivity contribution in [3.05, 3.63) is 24.3 Å². The van der Waals surface area contributed by atoms with E-state index < -0.39 is 30.5 Å². The molecule has 1 aromatic carbocycles. The second kappa shape index (κ2) is 8.66. The molecule has 1 aromatic rings. The molecule has 23 heavy (non-hydrogen) atoms. The van der Waals surface area contributed by atoms with Crippen molar-refractivity contribution in [2.45, 2.75) is 30.0 Å². The summed E-state index contributed by atoms with van der Waals surface area (Å²) in [6, 6.07) is 5.09. The van der Waals surface area contributed by atoms with Gasteiger partial charge in [-0.05, 0) is 24.3 Å².